The average molecular weight is 333 g/mol. The highest BCUT2D eigenvalue weighted by Gasteiger charge is 2.31. The van der Waals surface area contributed by atoms with Crippen molar-refractivity contribution in [1.29, 1.82) is 0 Å². The van der Waals surface area contributed by atoms with E-state index in [1.54, 1.807) is 0 Å². The van der Waals surface area contributed by atoms with Gasteiger partial charge in [-0.15, -0.1) is 0 Å². The zero-order valence-corrected chi connectivity index (χ0v) is 15.2. The molecule has 0 saturated heterocycles. The molecule has 0 fully saturated rings. The van der Waals surface area contributed by atoms with Crippen LogP contribution in [0.3, 0.4) is 0 Å². The van der Waals surface area contributed by atoms with E-state index in [1.807, 2.05) is 40.8 Å². The first-order chi connectivity index (χ1) is 10.6. The molecule has 0 aromatic heterocycles. The highest BCUT2D eigenvalue weighted by molar-refractivity contribution is 8.13. The van der Waals surface area contributed by atoms with Gasteiger partial charge in [-0.3, -0.25) is 10.3 Å². The number of nitrogens with one attached hydrogen (secondary N) is 1. The molecule has 1 heterocycles. The van der Waals surface area contributed by atoms with E-state index in [9.17, 15) is 4.79 Å². The van der Waals surface area contributed by atoms with Gasteiger partial charge < -0.3 is 10.5 Å². The van der Waals surface area contributed by atoms with Crippen molar-refractivity contribution in [1.82, 2.24) is 5.32 Å². The maximum atomic E-state index is 11.9. The number of nitrogens with zero attached hydrogens (tertiary/aromatic N) is 1. The topological polar surface area (TPSA) is 76.7 Å². The second kappa shape index (κ2) is 6.47. The molecular formula is C16H24BN3O2S. The van der Waals surface area contributed by atoms with E-state index in [0.717, 1.165) is 28.9 Å². The van der Waals surface area contributed by atoms with Gasteiger partial charge in [0.05, 0.1) is 5.54 Å². The van der Waals surface area contributed by atoms with Crippen molar-refractivity contribution < 1.29 is 9.53 Å². The average Bonchev–Trinajstić information content (AvgIpc) is 2.35. The third-order valence-electron chi connectivity index (χ3n) is 3.51. The van der Waals surface area contributed by atoms with Gasteiger partial charge in [0.2, 0.25) is 0 Å². The van der Waals surface area contributed by atoms with Gasteiger partial charge in [0, 0.05) is 11.4 Å². The number of thioether (sulfide) groups is 1. The molecule has 1 unspecified atom stereocenters. The quantitative estimate of drug-likeness (QED) is 0.606. The second-order valence-corrected chi connectivity index (χ2v) is 8.13. The Morgan fingerprint density at radius 3 is 2.74 bits per heavy atom. The van der Waals surface area contributed by atoms with Crippen molar-refractivity contribution >= 4 is 42.0 Å². The van der Waals surface area contributed by atoms with Gasteiger partial charge in [-0.05, 0) is 51.8 Å². The molecule has 0 aliphatic carbocycles. The van der Waals surface area contributed by atoms with Crippen LogP contribution in [0.1, 0.15) is 39.7 Å². The Kier molecular flexibility index (Phi) is 4.99. The van der Waals surface area contributed by atoms with E-state index in [4.69, 9.17) is 15.5 Å². The molecule has 1 aliphatic rings. The summed E-state index contributed by atoms with van der Waals surface area (Å²) in [7, 11) is 2.02. The molecule has 7 heteroatoms. The van der Waals surface area contributed by atoms with E-state index in [0.29, 0.717) is 5.17 Å². The van der Waals surface area contributed by atoms with Crippen molar-refractivity contribution in [3.8, 4) is 0 Å². The number of nitrogen functional groups attached to an aromatic ring is 1. The minimum absolute atomic E-state index is 0.393. The summed E-state index contributed by atoms with van der Waals surface area (Å²) in [6, 6.07) is 5.99. The van der Waals surface area contributed by atoms with Gasteiger partial charge in [0.1, 0.15) is 13.4 Å². The lowest BCUT2D eigenvalue weighted by Crippen LogP contribution is -2.38. The lowest BCUT2D eigenvalue weighted by atomic mass is 9.84. The summed E-state index contributed by atoms with van der Waals surface area (Å²) in [5.74, 6) is 0.874. The summed E-state index contributed by atoms with van der Waals surface area (Å²) >= 11 is 1.53. The zero-order valence-electron chi connectivity index (χ0n) is 14.4. The van der Waals surface area contributed by atoms with Gasteiger partial charge >= 0.3 is 6.09 Å². The first-order valence-electron chi connectivity index (χ1n) is 7.68. The van der Waals surface area contributed by atoms with Crippen LogP contribution in [0.15, 0.2) is 23.2 Å². The van der Waals surface area contributed by atoms with E-state index in [2.05, 4.69) is 18.3 Å². The summed E-state index contributed by atoms with van der Waals surface area (Å²) in [5, 5.41) is 3.34. The summed E-state index contributed by atoms with van der Waals surface area (Å²) in [4.78, 5) is 16.7. The highest BCUT2D eigenvalue weighted by atomic mass is 32.2. The number of benzene rings is 1. The molecule has 1 amide bonds. The minimum Gasteiger partial charge on any atom is -0.444 e. The van der Waals surface area contributed by atoms with Gasteiger partial charge in [-0.1, -0.05) is 23.3 Å². The Morgan fingerprint density at radius 1 is 1.43 bits per heavy atom. The maximum absolute atomic E-state index is 11.9. The molecule has 1 aromatic rings. The van der Waals surface area contributed by atoms with E-state index >= 15 is 0 Å². The predicted molar refractivity (Wildman–Crippen MR) is 100 cm³/mol. The molecule has 5 nitrogen and oxygen atoms in total. The Morgan fingerprint density at radius 2 is 2.13 bits per heavy atom. The van der Waals surface area contributed by atoms with E-state index < -0.39 is 17.2 Å². The Balaban J connectivity index is 2.21. The number of aliphatic imine (C=N–C) groups is 1. The van der Waals surface area contributed by atoms with Crippen molar-refractivity contribution in [2.75, 3.05) is 11.5 Å². The third-order valence-corrected chi connectivity index (χ3v) is 4.38. The van der Waals surface area contributed by atoms with E-state index in [-0.39, 0.29) is 0 Å². The molecule has 3 N–H and O–H groups in total. The Bertz CT molecular complexity index is 622. The van der Waals surface area contributed by atoms with Crippen LogP contribution < -0.4 is 16.5 Å². The van der Waals surface area contributed by atoms with E-state index in [1.165, 1.54) is 11.8 Å². The first kappa shape index (κ1) is 17.7. The van der Waals surface area contributed by atoms with Crippen molar-refractivity contribution in [2.24, 2.45) is 4.99 Å². The minimum atomic E-state index is -0.529. The van der Waals surface area contributed by atoms with Gasteiger partial charge in [-0.2, -0.15) is 0 Å². The fourth-order valence-electron chi connectivity index (χ4n) is 2.45. The van der Waals surface area contributed by atoms with Gasteiger partial charge in [0.15, 0.2) is 5.17 Å². The van der Waals surface area contributed by atoms with Crippen LogP contribution in [0.4, 0.5) is 10.5 Å². The molecule has 1 aliphatic heterocycles. The highest BCUT2D eigenvalue weighted by Crippen LogP contribution is 2.35. The molecule has 0 saturated carbocycles. The number of nitrogens with two attached hydrogens (primary N) is 1. The predicted octanol–water partition coefficient (Wildman–Crippen LogP) is 1.76. The molecular weight excluding hydrogens is 309 g/mol. The maximum Gasteiger partial charge on any atom is 0.413 e. The van der Waals surface area contributed by atoms with Crippen LogP contribution in [0.25, 0.3) is 0 Å². The fourth-order valence-corrected chi connectivity index (χ4v) is 3.56. The van der Waals surface area contributed by atoms with Gasteiger partial charge in [0.25, 0.3) is 0 Å². The standard InChI is InChI=1S/C16H24BN3O2S/c1-15(2,3)22-14(21)19-13-20-16(4,5-6-23-13)10-7-11(17)9-12(18)8-10/h7-9H,5-6,17-18H2,1-4H3,(H,19,20,21). The van der Waals surface area contributed by atoms with Crippen LogP contribution in [-0.4, -0.2) is 30.5 Å². The number of amidine groups is 1. The molecule has 1 aromatic carbocycles. The number of alkyl carbamates (subject to hydrolysis) is 1. The largest absolute Gasteiger partial charge is 0.444 e. The van der Waals surface area contributed by atoms with Crippen LogP contribution in [0, 0.1) is 0 Å². The number of hydrogen-bond donors (Lipinski definition) is 2. The second-order valence-electron chi connectivity index (χ2n) is 7.05. The lowest BCUT2D eigenvalue weighted by molar-refractivity contribution is 0.0564. The number of amides is 1. The molecule has 1 atom stereocenters. The Labute approximate surface area is 142 Å². The monoisotopic (exact) mass is 333 g/mol. The zero-order chi connectivity index (χ0) is 17.3. The molecule has 2 rings (SSSR count). The summed E-state index contributed by atoms with van der Waals surface area (Å²) in [6.45, 7) is 7.57. The summed E-state index contributed by atoms with van der Waals surface area (Å²) < 4.78 is 5.29. The van der Waals surface area contributed by atoms with Gasteiger partial charge in [-0.25, -0.2) is 4.79 Å². The van der Waals surface area contributed by atoms with Crippen LogP contribution in [0.5, 0.6) is 0 Å². The smallest absolute Gasteiger partial charge is 0.413 e. The number of ether oxygens (including phenoxy) is 1. The van der Waals surface area contributed by atoms with Crippen molar-refractivity contribution in [2.45, 2.75) is 45.3 Å². The van der Waals surface area contributed by atoms with Crippen LogP contribution >= 0.6 is 11.8 Å². The number of carbonyl (C=O) groups excluding carboxylic acids is 1. The van der Waals surface area contributed by atoms with Crippen LogP contribution in [0.2, 0.25) is 0 Å². The Hall–Kier alpha value is -1.63. The molecule has 23 heavy (non-hydrogen) atoms. The lowest BCUT2D eigenvalue weighted by Gasteiger charge is -2.31. The third kappa shape index (κ3) is 4.92. The molecule has 0 spiro atoms. The normalized spacial score (nSPS) is 21.5. The fraction of sp³-hybridized carbons (Fsp3) is 0.500. The number of hydrogen-bond acceptors (Lipinski definition) is 5. The number of carbonyl (C=O) groups is 1. The molecule has 124 valence electrons. The number of anilines is 1. The summed E-state index contributed by atoms with van der Waals surface area (Å²) in [6.07, 6.45) is 0.414. The SMILES string of the molecule is Bc1cc(N)cc(C2(C)CCSC(NC(=O)OC(C)(C)C)=N2)c1. The number of rotatable bonds is 1. The first-order valence-corrected chi connectivity index (χ1v) is 8.66. The van der Waals surface area contributed by atoms with Crippen LogP contribution in [-0.2, 0) is 10.3 Å². The molecule has 0 radical (unpaired) electrons. The molecule has 0 bridgehead atoms. The summed E-state index contributed by atoms with van der Waals surface area (Å²) in [5.41, 5.74) is 7.95. The van der Waals surface area contributed by atoms with Crippen molar-refractivity contribution in [3.05, 3.63) is 23.8 Å². The van der Waals surface area contributed by atoms with Crippen molar-refractivity contribution in [3.63, 3.8) is 0 Å².